The van der Waals surface area contributed by atoms with Crippen LogP contribution in [0.2, 0.25) is 0 Å². The van der Waals surface area contributed by atoms with Crippen LogP contribution in [-0.4, -0.2) is 6.04 Å². The third kappa shape index (κ3) is 2.47. The lowest BCUT2D eigenvalue weighted by Crippen LogP contribution is -2.09. The number of rotatable bonds is 3. The first-order valence-electron chi connectivity index (χ1n) is 4.24. The average Bonchev–Trinajstić information content (AvgIpc) is 2.47. The third-order valence-corrected chi connectivity index (χ3v) is 2.64. The number of hydrogen-bond acceptors (Lipinski definition) is 2. The van der Waals surface area contributed by atoms with Gasteiger partial charge in [-0.2, -0.15) is 0 Å². The Morgan fingerprint density at radius 2 is 2.42 bits per heavy atom. The molecule has 0 fully saturated rings. The molecule has 0 saturated carbocycles. The molecular weight excluding hydrogens is 166 g/mol. The maximum Gasteiger partial charge on any atom is 0.0299 e. The van der Waals surface area contributed by atoms with Crippen molar-refractivity contribution in [2.24, 2.45) is 5.73 Å². The molecule has 0 radical (unpaired) electrons. The molecule has 1 rings (SSSR count). The van der Waals surface area contributed by atoms with E-state index < -0.39 is 0 Å². The van der Waals surface area contributed by atoms with Gasteiger partial charge in [0.25, 0.3) is 0 Å². The first kappa shape index (κ1) is 9.49. The Bertz CT molecular complexity index is 261. The van der Waals surface area contributed by atoms with Gasteiger partial charge in [-0.1, -0.05) is 13.0 Å². The van der Waals surface area contributed by atoms with E-state index in [4.69, 9.17) is 5.73 Å². The van der Waals surface area contributed by atoms with Crippen LogP contribution in [0.3, 0.4) is 0 Å². The van der Waals surface area contributed by atoms with Crippen molar-refractivity contribution in [1.82, 2.24) is 0 Å². The lowest BCUT2D eigenvalue weighted by Gasteiger charge is -1.95. The Labute approximate surface area is 77.9 Å². The summed E-state index contributed by atoms with van der Waals surface area (Å²) in [6.07, 6.45) is 5.25. The zero-order chi connectivity index (χ0) is 8.97. The number of hydrogen-bond donors (Lipinski definition) is 1. The van der Waals surface area contributed by atoms with Gasteiger partial charge < -0.3 is 5.73 Å². The molecule has 0 bridgehead atoms. The highest BCUT2D eigenvalue weighted by molar-refractivity contribution is 7.11. The molecule has 1 atom stereocenters. The zero-order valence-corrected chi connectivity index (χ0v) is 8.40. The van der Waals surface area contributed by atoms with E-state index in [2.05, 4.69) is 24.4 Å². The van der Waals surface area contributed by atoms with E-state index in [1.165, 1.54) is 10.4 Å². The number of nitrogens with two attached hydrogens (primary N) is 1. The fourth-order valence-electron chi connectivity index (χ4n) is 1.02. The predicted octanol–water partition coefficient (Wildman–Crippen LogP) is 2.67. The van der Waals surface area contributed by atoms with Crippen molar-refractivity contribution in [2.75, 3.05) is 0 Å². The normalized spacial score (nSPS) is 13.9. The summed E-state index contributed by atoms with van der Waals surface area (Å²) in [5, 5.41) is 2.12. The molecule has 1 aromatic rings. The Kier molecular flexibility index (Phi) is 3.50. The SMILES string of the molecule is CCc1ccsc1/C=C/C(C)N. The molecule has 1 heterocycles. The van der Waals surface area contributed by atoms with Crippen molar-refractivity contribution < 1.29 is 0 Å². The molecule has 0 saturated heterocycles. The maximum absolute atomic E-state index is 5.62. The molecule has 0 aliphatic heterocycles. The van der Waals surface area contributed by atoms with E-state index in [-0.39, 0.29) is 6.04 Å². The van der Waals surface area contributed by atoms with E-state index in [1.54, 1.807) is 11.3 Å². The molecule has 0 amide bonds. The maximum atomic E-state index is 5.62. The van der Waals surface area contributed by atoms with Gasteiger partial charge >= 0.3 is 0 Å². The van der Waals surface area contributed by atoms with Gasteiger partial charge in [0.1, 0.15) is 0 Å². The van der Waals surface area contributed by atoms with Gasteiger partial charge in [0.15, 0.2) is 0 Å². The van der Waals surface area contributed by atoms with Crippen LogP contribution in [0, 0.1) is 0 Å². The highest BCUT2D eigenvalue weighted by Gasteiger charge is 1.97. The molecule has 1 nitrogen and oxygen atoms in total. The monoisotopic (exact) mass is 181 g/mol. The van der Waals surface area contributed by atoms with Crippen LogP contribution in [0.15, 0.2) is 17.5 Å². The summed E-state index contributed by atoms with van der Waals surface area (Å²) in [5.41, 5.74) is 7.03. The number of aryl methyl sites for hydroxylation is 1. The second-order valence-electron chi connectivity index (χ2n) is 2.88. The summed E-state index contributed by atoms with van der Waals surface area (Å²) >= 11 is 1.77. The van der Waals surface area contributed by atoms with Crippen molar-refractivity contribution in [3.05, 3.63) is 28.0 Å². The lowest BCUT2D eigenvalue weighted by atomic mass is 10.2. The van der Waals surface area contributed by atoms with Gasteiger partial charge in [-0.05, 0) is 36.4 Å². The van der Waals surface area contributed by atoms with Gasteiger partial charge in [-0.15, -0.1) is 11.3 Å². The summed E-state index contributed by atoms with van der Waals surface area (Å²) < 4.78 is 0. The Morgan fingerprint density at radius 1 is 1.67 bits per heavy atom. The summed E-state index contributed by atoms with van der Waals surface area (Å²) in [6, 6.07) is 2.32. The van der Waals surface area contributed by atoms with Crippen molar-refractivity contribution in [3.8, 4) is 0 Å². The minimum Gasteiger partial charge on any atom is -0.325 e. The molecule has 0 aromatic carbocycles. The topological polar surface area (TPSA) is 26.0 Å². The lowest BCUT2D eigenvalue weighted by molar-refractivity contribution is 0.931. The molecule has 12 heavy (non-hydrogen) atoms. The first-order valence-corrected chi connectivity index (χ1v) is 5.12. The van der Waals surface area contributed by atoms with Crippen LogP contribution >= 0.6 is 11.3 Å². The molecule has 0 aliphatic rings. The van der Waals surface area contributed by atoms with E-state index >= 15 is 0 Å². The summed E-state index contributed by atoms with van der Waals surface area (Å²) in [6.45, 7) is 4.15. The summed E-state index contributed by atoms with van der Waals surface area (Å²) in [5.74, 6) is 0. The minimum atomic E-state index is 0.150. The fraction of sp³-hybridized carbons (Fsp3) is 0.400. The van der Waals surface area contributed by atoms with Crippen molar-refractivity contribution in [3.63, 3.8) is 0 Å². The van der Waals surface area contributed by atoms with Gasteiger partial charge in [0, 0.05) is 10.9 Å². The molecule has 1 unspecified atom stereocenters. The second kappa shape index (κ2) is 4.43. The van der Waals surface area contributed by atoms with Crippen molar-refractivity contribution >= 4 is 17.4 Å². The third-order valence-electron chi connectivity index (χ3n) is 1.71. The molecule has 2 heteroatoms. The minimum absolute atomic E-state index is 0.150. The van der Waals surface area contributed by atoms with Gasteiger partial charge in [0.05, 0.1) is 0 Å². The van der Waals surface area contributed by atoms with Gasteiger partial charge in [-0.25, -0.2) is 0 Å². The highest BCUT2D eigenvalue weighted by atomic mass is 32.1. The smallest absolute Gasteiger partial charge is 0.0299 e. The second-order valence-corrected chi connectivity index (χ2v) is 3.83. The Morgan fingerprint density at radius 3 is 3.00 bits per heavy atom. The first-order chi connectivity index (χ1) is 5.74. The Hall–Kier alpha value is -0.600. The molecule has 2 N–H and O–H groups in total. The van der Waals surface area contributed by atoms with Crippen LogP contribution in [0.25, 0.3) is 6.08 Å². The fourth-order valence-corrected chi connectivity index (χ4v) is 1.92. The molecule has 0 aliphatic carbocycles. The Balaban J connectivity index is 2.74. The van der Waals surface area contributed by atoms with Crippen LogP contribution in [0.1, 0.15) is 24.3 Å². The van der Waals surface area contributed by atoms with Crippen LogP contribution in [0.5, 0.6) is 0 Å². The van der Waals surface area contributed by atoms with E-state index in [0.29, 0.717) is 0 Å². The van der Waals surface area contributed by atoms with Gasteiger partial charge in [0.2, 0.25) is 0 Å². The largest absolute Gasteiger partial charge is 0.325 e. The van der Waals surface area contributed by atoms with E-state index in [9.17, 15) is 0 Å². The van der Waals surface area contributed by atoms with E-state index in [0.717, 1.165) is 6.42 Å². The van der Waals surface area contributed by atoms with Crippen LogP contribution in [0.4, 0.5) is 0 Å². The van der Waals surface area contributed by atoms with Gasteiger partial charge in [-0.3, -0.25) is 0 Å². The quantitative estimate of drug-likeness (QED) is 0.762. The van der Waals surface area contributed by atoms with Crippen molar-refractivity contribution in [2.45, 2.75) is 26.3 Å². The predicted molar refractivity (Wildman–Crippen MR) is 56.4 cm³/mol. The van der Waals surface area contributed by atoms with Crippen molar-refractivity contribution in [1.29, 1.82) is 0 Å². The summed E-state index contributed by atoms with van der Waals surface area (Å²) in [7, 11) is 0. The standard InChI is InChI=1S/C10H15NS/c1-3-9-6-7-12-10(9)5-4-8(2)11/h4-8H,3,11H2,1-2H3/b5-4+. The molecule has 66 valence electrons. The van der Waals surface area contributed by atoms with E-state index in [1.807, 2.05) is 13.0 Å². The van der Waals surface area contributed by atoms with Crippen LogP contribution in [-0.2, 0) is 6.42 Å². The summed E-state index contributed by atoms with van der Waals surface area (Å²) in [4.78, 5) is 1.34. The highest BCUT2D eigenvalue weighted by Crippen LogP contribution is 2.18. The van der Waals surface area contributed by atoms with Crippen LogP contribution < -0.4 is 5.73 Å². The molecular formula is C10H15NS. The zero-order valence-electron chi connectivity index (χ0n) is 7.58. The molecule has 0 spiro atoms. The average molecular weight is 181 g/mol. The number of thiophene rings is 1. The molecule has 1 aromatic heterocycles.